The highest BCUT2D eigenvalue weighted by Crippen LogP contribution is 2.26. The molecule has 0 atom stereocenters. The van der Waals surface area contributed by atoms with Gasteiger partial charge < -0.3 is 0 Å². The average molecular weight is 307 g/mol. The standard InChI is InChI=1S/C5H12.C4H8.C4H10.4C2H6/c1-4-5(2)3;1-4-2-3-4;1-4(2)3;4*1-2/h5H,4H2,1-3H3;4H,2-3H2,1H3;4H,1-3H3;4*1-2H3. The molecule has 0 radical (unpaired) electrons. The molecule has 0 aromatic heterocycles. The number of rotatable bonds is 1. The second kappa shape index (κ2) is 50.1. The molecule has 0 N–H and O–H groups in total. The molecule has 1 fully saturated rings. The van der Waals surface area contributed by atoms with Crippen molar-refractivity contribution in [2.45, 2.75) is 123 Å². The molecule has 0 heteroatoms. The largest absolute Gasteiger partial charge is 0.0683 e. The van der Waals surface area contributed by atoms with Crippen LogP contribution in [0.5, 0.6) is 0 Å². The first-order chi connectivity index (χ1) is 9.90. The van der Waals surface area contributed by atoms with Crippen molar-refractivity contribution in [2.24, 2.45) is 17.8 Å². The molecule has 21 heavy (non-hydrogen) atoms. The van der Waals surface area contributed by atoms with Crippen LogP contribution in [0.15, 0.2) is 0 Å². The van der Waals surface area contributed by atoms with Crippen molar-refractivity contribution in [2.75, 3.05) is 0 Å². The maximum atomic E-state index is 2.28. The summed E-state index contributed by atoms with van der Waals surface area (Å²) in [5.41, 5.74) is 0. The minimum Gasteiger partial charge on any atom is -0.0683 e. The minimum atomic E-state index is 0.833. The van der Waals surface area contributed by atoms with E-state index in [-0.39, 0.29) is 0 Å². The van der Waals surface area contributed by atoms with Gasteiger partial charge in [-0.05, 0) is 17.8 Å². The topological polar surface area (TPSA) is 0 Å². The Balaban J connectivity index is -0.0000000327. The molecule has 1 rings (SSSR count). The SMILES string of the molecule is CC.CC.CC.CC.CC(C)C.CC1CC1.CCC(C)C. The third-order valence-corrected chi connectivity index (χ3v) is 1.68. The van der Waals surface area contributed by atoms with Crippen LogP contribution < -0.4 is 0 Å². The van der Waals surface area contributed by atoms with Crippen LogP contribution in [0.3, 0.4) is 0 Å². The van der Waals surface area contributed by atoms with E-state index in [1.54, 1.807) is 0 Å². The number of hydrogen-bond donors (Lipinski definition) is 0. The van der Waals surface area contributed by atoms with Gasteiger partial charge in [-0.15, -0.1) is 0 Å². The van der Waals surface area contributed by atoms with E-state index in [1.165, 1.54) is 19.3 Å². The maximum Gasteiger partial charge on any atom is -0.0443 e. The molecule has 138 valence electrons. The molecular formula is C21H54. The Kier molecular flexibility index (Phi) is 89.1. The Labute approximate surface area is 141 Å². The summed E-state index contributed by atoms with van der Waals surface area (Å²) in [6.07, 6.45) is 4.28. The second-order valence-corrected chi connectivity index (χ2v) is 5.22. The third-order valence-electron chi connectivity index (χ3n) is 1.68. The molecule has 0 aromatic carbocycles. The van der Waals surface area contributed by atoms with Crippen molar-refractivity contribution in [1.29, 1.82) is 0 Å². The molecule has 0 nitrogen and oxygen atoms in total. The van der Waals surface area contributed by atoms with E-state index in [0.29, 0.717) is 0 Å². The molecule has 0 unspecified atom stereocenters. The fourth-order valence-corrected chi connectivity index (χ4v) is 0.167. The van der Waals surface area contributed by atoms with Gasteiger partial charge in [0.05, 0.1) is 0 Å². The lowest BCUT2D eigenvalue weighted by Gasteiger charge is -1.90. The predicted octanol–water partition coefficient (Wildman–Crippen LogP) is 9.24. The summed E-state index contributed by atoms with van der Waals surface area (Å²) >= 11 is 0. The van der Waals surface area contributed by atoms with E-state index in [2.05, 4.69) is 48.5 Å². The van der Waals surface area contributed by atoms with Gasteiger partial charge >= 0.3 is 0 Å². The first-order valence-electron chi connectivity index (χ1n) is 9.90. The van der Waals surface area contributed by atoms with Gasteiger partial charge in [0.2, 0.25) is 0 Å². The van der Waals surface area contributed by atoms with E-state index in [4.69, 9.17) is 0 Å². The molecule has 0 heterocycles. The molecular weight excluding hydrogens is 252 g/mol. The lowest BCUT2D eigenvalue weighted by atomic mass is 10.2. The van der Waals surface area contributed by atoms with Gasteiger partial charge in [0, 0.05) is 0 Å². The fourth-order valence-electron chi connectivity index (χ4n) is 0.167. The average Bonchev–Trinajstić information content (AvgIpc) is 3.30. The Morgan fingerprint density at radius 1 is 0.667 bits per heavy atom. The van der Waals surface area contributed by atoms with Crippen molar-refractivity contribution in [3.8, 4) is 0 Å². The van der Waals surface area contributed by atoms with Crippen LogP contribution in [-0.2, 0) is 0 Å². The van der Waals surface area contributed by atoms with Crippen LogP contribution in [-0.4, -0.2) is 0 Å². The van der Waals surface area contributed by atoms with E-state index in [1.807, 2.05) is 55.4 Å². The smallest absolute Gasteiger partial charge is 0.0443 e. The van der Waals surface area contributed by atoms with Crippen LogP contribution in [0.1, 0.15) is 123 Å². The van der Waals surface area contributed by atoms with Crippen molar-refractivity contribution in [1.82, 2.24) is 0 Å². The Hall–Kier alpha value is 0. The highest BCUT2D eigenvalue weighted by Gasteiger charge is 2.12. The molecule has 1 aliphatic rings. The first kappa shape index (κ1) is 37.3. The highest BCUT2D eigenvalue weighted by molar-refractivity contribution is 4.65. The Bertz CT molecular complexity index is 75.3. The highest BCUT2D eigenvalue weighted by atomic mass is 14.2. The lowest BCUT2D eigenvalue weighted by molar-refractivity contribution is 0.626. The lowest BCUT2D eigenvalue weighted by Crippen LogP contribution is -1.77. The van der Waals surface area contributed by atoms with E-state index >= 15 is 0 Å². The molecule has 0 aliphatic heterocycles. The van der Waals surface area contributed by atoms with Gasteiger partial charge in [0.25, 0.3) is 0 Å². The Morgan fingerprint density at radius 3 is 0.762 bits per heavy atom. The third kappa shape index (κ3) is 259. The van der Waals surface area contributed by atoms with Crippen LogP contribution in [0.4, 0.5) is 0 Å². The van der Waals surface area contributed by atoms with E-state index < -0.39 is 0 Å². The van der Waals surface area contributed by atoms with Crippen molar-refractivity contribution in [3.63, 3.8) is 0 Å². The van der Waals surface area contributed by atoms with Gasteiger partial charge in [0.15, 0.2) is 0 Å². The summed E-state index contributed by atoms with van der Waals surface area (Å²) in [4.78, 5) is 0. The molecule has 0 amide bonds. The molecule has 0 spiro atoms. The van der Waals surface area contributed by atoms with Crippen LogP contribution in [0.25, 0.3) is 0 Å². The summed E-state index contributed by atoms with van der Waals surface area (Å²) in [5, 5.41) is 0. The molecule has 0 bridgehead atoms. The molecule has 1 saturated carbocycles. The van der Waals surface area contributed by atoms with Crippen LogP contribution in [0, 0.1) is 17.8 Å². The monoisotopic (exact) mass is 306 g/mol. The summed E-state index contributed by atoms with van der Waals surface area (Å²) < 4.78 is 0. The van der Waals surface area contributed by atoms with Gasteiger partial charge in [-0.25, -0.2) is 0 Å². The van der Waals surface area contributed by atoms with Crippen LogP contribution >= 0.6 is 0 Å². The zero-order valence-corrected chi connectivity index (χ0v) is 18.9. The molecule has 0 saturated heterocycles. The van der Waals surface area contributed by atoms with Crippen molar-refractivity contribution >= 4 is 0 Å². The summed E-state index contributed by atoms with van der Waals surface area (Å²) in [6, 6.07) is 0. The van der Waals surface area contributed by atoms with E-state index in [0.717, 1.165) is 17.8 Å². The molecule has 0 aromatic rings. The summed E-state index contributed by atoms with van der Waals surface area (Å²) in [7, 11) is 0. The van der Waals surface area contributed by atoms with Crippen molar-refractivity contribution in [3.05, 3.63) is 0 Å². The predicted molar refractivity (Wildman–Crippen MR) is 109 cm³/mol. The van der Waals surface area contributed by atoms with Crippen molar-refractivity contribution < 1.29 is 0 Å². The summed E-state index contributed by atoms with van der Waals surface area (Å²) in [5.74, 6) is 2.80. The first-order valence-corrected chi connectivity index (χ1v) is 9.90. The van der Waals surface area contributed by atoms with Gasteiger partial charge in [0.1, 0.15) is 0 Å². The number of hydrogen-bond acceptors (Lipinski definition) is 0. The van der Waals surface area contributed by atoms with Crippen LogP contribution in [0.2, 0.25) is 0 Å². The molecule has 1 aliphatic carbocycles. The zero-order valence-electron chi connectivity index (χ0n) is 18.9. The maximum absolute atomic E-state index is 2.28. The second-order valence-electron chi connectivity index (χ2n) is 5.22. The minimum absolute atomic E-state index is 0.833. The quantitative estimate of drug-likeness (QED) is 0.452. The summed E-state index contributed by atoms with van der Waals surface area (Å²) in [6.45, 7) is 31.4. The normalized spacial score (nSPS) is 10.1. The van der Waals surface area contributed by atoms with Gasteiger partial charge in [-0.1, -0.05) is 123 Å². The van der Waals surface area contributed by atoms with E-state index in [9.17, 15) is 0 Å². The Morgan fingerprint density at radius 2 is 0.762 bits per heavy atom. The fraction of sp³-hybridized carbons (Fsp3) is 1.00. The van der Waals surface area contributed by atoms with Gasteiger partial charge in [-0.2, -0.15) is 0 Å². The zero-order chi connectivity index (χ0) is 18.9. The van der Waals surface area contributed by atoms with Gasteiger partial charge in [-0.3, -0.25) is 0 Å².